The van der Waals surface area contributed by atoms with E-state index < -0.39 is 12.1 Å². The van der Waals surface area contributed by atoms with E-state index in [0.717, 1.165) is 0 Å². The number of furan rings is 1. The number of hydrogen-bond acceptors (Lipinski definition) is 4. The molecule has 3 rings (SSSR count). The molecule has 1 aromatic heterocycles. The normalized spacial score (nSPS) is 11.4. The Balaban J connectivity index is 1.69. The van der Waals surface area contributed by atoms with Gasteiger partial charge in [-0.3, -0.25) is 4.79 Å². The highest BCUT2D eigenvalue weighted by Crippen LogP contribution is 2.26. The van der Waals surface area contributed by atoms with E-state index >= 15 is 0 Å². The number of benzene rings is 2. The number of hydrogen-bond donors (Lipinski definition) is 3. The Hall–Kier alpha value is -3.74. The number of para-hydroxylation sites is 1. The second-order valence-corrected chi connectivity index (χ2v) is 6.11. The van der Waals surface area contributed by atoms with E-state index in [1.807, 2.05) is 30.3 Å². The number of nitrogens with one attached hydrogen (secondary N) is 2. The van der Waals surface area contributed by atoms with Crippen LogP contribution in [0.3, 0.4) is 0 Å². The highest BCUT2D eigenvalue weighted by Gasteiger charge is 2.18. The number of ether oxygens (including phenoxy) is 1. The standard InChI is InChI=1S/C21H21N3O4/c22-21(26)24-19(13-20(25)23-14-18-10-5-11-27-18)15-6-4-9-17(12-15)28-16-7-2-1-3-8-16/h1-12,19H,13-14H2,(H,23,25)(H3,22,24,26)/t19-/m0/s1. The molecule has 28 heavy (non-hydrogen) atoms. The van der Waals surface area contributed by atoms with Crippen LogP contribution in [0, 0.1) is 0 Å². The summed E-state index contributed by atoms with van der Waals surface area (Å²) >= 11 is 0. The topological polar surface area (TPSA) is 107 Å². The average molecular weight is 379 g/mol. The molecule has 7 heteroatoms. The molecule has 0 aliphatic heterocycles. The van der Waals surface area contributed by atoms with Crippen molar-refractivity contribution in [1.29, 1.82) is 0 Å². The summed E-state index contributed by atoms with van der Waals surface area (Å²) in [6.45, 7) is 0.270. The van der Waals surface area contributed by atoms with Gasteiger partial charge in [-0.1, -0.05) is 30.3 Å². The van der Waals surface area contributed by atoms with Gasteiger partial charge in [-0.25, -0.2) is 4.79 Å². The first-order chi connectivity index (χ1) is 13.6. The van der Waals surface area contributed by atoms with Crippen LogP contribution in [0.1, 0.15) is 23.8 Å². The molecule has 144 valence electrons. The van der Waals surface area contributed by atoms with Crippen LogP contribution < -0.4 is 21.1 Å². The summed E-state index contributed by atoms with van der Waals surface area (Å²) in [5.41, 5.74) is 6.00. The number of primary amides is 1. The van der Waals surface area contributed by atoms with Crippen LogP contribution in [-0.4, -0.2) is 11.9 Å². The third-order valence-electron chi connectivity index (χ3n) is 3.99. The first-order valence-electron chi connectivity index (χ1n) is 8.78. The summed E-state index contributed by atoms with van der Waals surface area (Å²) in [4.78, 5) is 23.7. The van der Waals surface area contributed by atoms with Crippen molar-refractivity contribution >= 4 is 11.9 Å². The summed E-state index contributed by atoms with van der Waals surface area (Å²) in [5, 5.41) is 5.37. The SMILES string of the molecule is NC(=O)N[C@@H](CC(=O)NCc1ccco1)c1cccc(Oc2ccccc2)c1. The molecule has 3 aromatic rings. The molecule has 7 nitrogen and oxygen atoms in total. The first kappa shape index (κ1) is 19.0. The van der Waals surface area contributed by atoms with Gasteiger partial charge >= 0.3 is 6.03 Å². The number of carbonyl (C=O) groups excluding carboxylic acids is 2. The minimum Gasteiger partial charge on any atom is -0.467 e. The van der Waals surface area contributed by atoms with Crippen LogP contribution >= 0.6 is 0 Å². The van der Waals surface area contributed by atoms with Crippen LogP contribution in [0.5, 0.6) is 11.5 Å². The van der Waals surface area contributed by atoms with Crippen molar-refractivity contribution in [3.05, 3.63) is 84.3 Å². The summed E-state index contributed by atoms with van der Waals surface area (Å²) in [5.74, 6) is 1.68. The summed E-state index contributed by atoms with van der Waals surface area (Å²) in [7, 11) is 0. The molecule has 0 aliphatic carbocycles. The first-order valence-corrected chi connectivity index (χ1v) is 8.78. The molecule has 2 aromatic carbocycles. The Labute approximate surface area is 162 Å². The Kier molecular flexibility index (Phi) is 6.30. The second-order valence-electron chi connectivity index (χ2n) is 6.11. The highest BCUT2D eigenvalue weighted by atomic mass is 16.5. The lowest BCUT2D eigenvalue weighted by atomic mass is 10.0. The third kappa shape index (κ3) is 5.63. The van der Waals surface area contributed by atoms with Crippen LogP contribution in [0.15, 0.2) is 77.4 Å². The van der Waals surface area contributed by atoms with Gasteiger partial charge in [-0.15, -0.1) is 0 Å². The van der Waals surface area contributed by atoms with E-state index in [9.17, 15) is 9.59 Å². The number of amides is 3. The summed E-state index contributed by atoms with van der Waals surface area (Å²) in [6.07, 6.45) is 1.57. The smallest absolute Gasteiger partial charge is 0.312 e. The van der Waals surface area contributed by atoms with E-state index in [2.05, 4.69) is 10.6 Å². The van der Waals surface area contributed by atoms with Gasteiger partial charge < -0.3 is 25.5 Å². The van der Waals surface area contributed by atoms with E-state index in [4.69, 9.17) is 14.9 Å². The van der Waals surface area contributed by atoms with Gasteiger partial charge in [0.05, 0.1) is 25.3 Å². The van der Waals surface area contributed by atoms with Crippen molar-refractivity contribution in [2.45, 2.75) is 19.0 Å². The molecule has 3 amide bonds. The predicted octanol–water partition coefficient (Wildman–Crippen LogP) is 3.49. The number of carbonyl (C=O) groups is 2. The Morgan fingerprint density at radius 2 is 1.79 bits per heavy atom. The highest BCUT2D eigenvalue weighted by molar-refractivity contribution is 5.78. The minimum atomic E-state index is -0.710. The molecule has 0 fully saturated rings. The van der Waals surface area contributed by atoms with Gasteiger partial charge in [0.25, 0.3) is 0 Å². The molecule has 0 aliphatic rings. The minimum absolute atomic E-state index is 0.0262. The lowest BCUT2D eigenvalue weighted by Gasteiger charge is -2.18. The zero-order chi connectivity index (χ0) is 19.8. The zero-order valence-electron chi connectivity index (χ0n) is 15.1. The Bertz CT molecular complexity index is 910. The van der Waals surface area contributed by atoms with Gasteiger partial charge in [0.1, 0.15) is 17.3 Å². The van der Waals surface area contributed by atoms with Gasteiger partial charge in [-0.05, 0) is 42.0 Å². The Morgan fingerprint density at radius 3 is 2.50 bits per heavy atom. The van der Waals surface area contributed by atoms with Crippen LogP contribution in [0.2, 0.25) is 0 Å². The molecule has 0 saturated heterocycles. The number of urea groups is 1. The average Bonchev–Trinajstić information content (AvgIpc) is 3.20. The summed E-state index contributed by atoms with van der Waals surface area (Å²) in [6, 6.07) is 18.7. The van der Waals surface area contributed by atoms with Crippen molar-refractivity contribution in [3.8, 4) is 11.5 Å². The summed E-state index contributed by atoms with van der Waals surface area (Å²) < 4.78 is 11.0. The molecule has 1 atom stereocenters. The van der Waals surface area contributed by atoms with Crippen molar-refractivity contribution in [3.63, 3.8) is 0 Å². The molecular formula is C21H21N3O4. The van der Waals surface area contributed by atoms with Gasteiger partial charge in [0.15, 0.2) is 0 Å². The third-order valence-corrected chi connectivity index (χ3v) is 3.99. The molecule has 0 saturated carbocycles. The predicted molar refractivity (Wildman–Crippen MR) is 104 cm³/mol. The van der Waals surface area contributed by atoms with Crippen molar-refractivity contribution in [2.75, 3.05) is 0 Å². The quantitative estimate of drug-likeness (QED) is 0.557. The second kappa shape index (κ2) is 9.27. The number of rotatable bonds is 8. The maximum absolute atomic E-state index is 12.3. The molecule has 4 N–H and O–H groups in total. The lowest BCUT2D eigenvalue weighted by Crippen LogP contribution is -2.36. The Morgan fingerprint density at radius 1 is 1.00 bits per heavy atom. The largest absolute Gasteiger partial charge is 0.467 e. The van der Waals surface area contributed by atoms with Crippen molar-refractivity contribution < 1.29 is 18.7 Å². The fourth-order valence-electron chi connectivity index (χ4n) is 2.70. The van der Waals surface area contributed by atoms with Gasteiger partial charge in [0.2, 0.25) is 5.91 Å². The number of nitrogens with two attached hydrogens (primary N) is 1. The van der Waals surface area contributed by atoms with E-state index in [1.165, 1.54) is 6.26 Å². The maximum Gasteiger partial charge on any atom is 0.312 e. The van der Waals surface area contributed by atoms with Crippen LogP contribution in [-0.2, 0) is 11.3 Å². The monoisotopic (exact) mass is 379 g/mol. The lowest BCUT2D eigenvalue weighted by molar-refractivity contribution is -0.121. The molecule has 0 spiro atoms. The molecule has 0 radical (unpaired) electrons. The van der Waals surface area contributed by atoms with E-state index in [0.29, 0.717) is 22.8 Å². The van der Waals surface area contributed by atoms with Crippen LogP contribution in [0.25, 0.3) is 0 Å². The fraction of sp³-hybridized carbons (Fsp3) is 0.143. The van der Waals surface area contributed by atoms with E-state index in [-0.39, 0.29) is 18.9 Å². The fourth-order valence-corrected chi connectivity index (χ4v) is 2.70. The van der Waals surface area contributed by atoms with Gasteiger partial charge in [-0.2, -0.15) is 0 Å². The molecular weight excluding hydrogens is 358 g/mol. The van der Waals surface area contributed by atoms with Crippen molar-refractivity contribution in [2.24, 2.45) is 5.73 Å². The molecule has 0 bridgehead atoms. The van der Waals surface area contributed by atoms with E-state index in [1.54, 1.807) is 36.4 Å². The zero-order valence-corrected chi connectivity index (χ0v) is 15.1. The van der Waals surface area contributed by atoms with Crippen LogP contribution in [0.4, 0.5) is 4.79 Å². The molecule has 1 heterocycles. The molecule has 0 unspecified atom stereocenters. The maximum atomic E-state index is 12.3. The van der Waals surface area contributed by atoms with Crippen molar-refractivity contribution in [1.82, 2.24) is 10.6 Å². The van der Waals surface area contributed by atoms with Gasteiger partial charge in [0, 0.05) is 0 Å².